The predicted octanol–water partition coefficient (Wildman–Crippen LogP) is 1.94. The van der Waals surface area contributed by atoms with Crippen LogP contribution in [0, 0.1) is 0 Å². The Morgan fingerprint density at radius 1 is 1.03 bits per heavy atom. The summed E-state index contributed by atoms with van der Waals surface area (Å²) in [5.74, 6) is -0.129. The fourth-order valence-electron chi connectivity index (χ4n) is 3.58. The molecule has 1 amide bonds. The zero-order valence-electron chi connectivity index (χ0n) is 16.3. The molecule has 0 saturated heterocycles. The molecule has 2 aliphatic rings. The van der Waals surface area contributed by atoms with Gasteiger partial charge in [-0.1, -0.05) is 6.07 Å². The Labute approximate surface area is 176 Å². The van der Waals surface area contributed by atoms with Gasteiger partial charge in [-0.15, -0.1) is 0 Å². The van der Waals surface area contributed by atoms with Gasteiger partial charge < -0.3 is 30.8 Å². The van der Waals surface area contributed by atoms with E-state index in [-0.39, 0.29) is 41.2 Å². The second kappa shape index (κ2) is 8.19. The van der Waals surface area contributed by atoms with E-state index in [2.05, 4.69) is 5.32 Å². The summed E-state index contributed by atoms with van der Waals surface area (Å²) in [5, 5.41) is 33.2. The standard InChI is InChI=1S/C23H20N2O6/c24-7-8-25-22(28)12-1-4-15(18(9-12)23(29)30)21-16-5-2-13(26)10-19(16)31-20-11-14(27)3-6-17(20)21/h1-6,9-11,23,26,29-30H,7-8,24H2,(H,25,28). The fourth-order valence-corrected chi connectivity index (χ4v) is 3.58. The van der Waals surface area contributed by atoms with Crippen molar-refractivity contribution in [1.82, 2.24) is 5.32 Å². The van der Waals surface area contributed by atoms with E-state index in [1.165, 1.54) is 30.3 Å². The zero-order chi connectivity index (χ0) is 22.1. The van der Waals surface area contributed by atoms with Crippen LogP contribution in [-0.4, -0.2) is 34.3 Å². The summed E-state index contributed by atoms with van der Waals surface area (Å²) in [6, 6.07) is 13.4. The minimum absolute atomic E-state index is 0.0193. The molecule has 0 saturated carbocycles. The number of amides is 1. The maximum absolute atomic E-state index is 12.3. The van der Waals surface area contributed by atoms with E-state index < -0.39 is 12.2 Å². The largest absolute Gasteiger partial charge is 0.508 e. The molecule has 158 valence electrons. The lowest BCUT2D eigenvalue weighted by atomic mass is 9.89. The van der Waals surface area contributed by atoms with Crippen LogP contribution in [0.15, 0.2) is 63.8 Å². The van der Waals surface area contributed by atoms with Crippen LogP contribution < -0.4 is 16.5 Å². The molecule has 8 heteroatoms. The average Bonchev–Trinajstić information content (AvgIpc) is 2.75. The number of carbonyl (C=O) groups excluding carboxylic acids is 1. The first-order chi connectivity index (χ1) is 14.9. The number of benzene rings is 3. The van der Waals surface area contributed by atoms with Crippen molar-refractivity contribution in [3.63, 3.8) is 0 Å². The number of hydrogen-bond donors (Lipinski definition) is 5. The van der Waals surface area contributed by atoms with E-state index in [1.807, 2.05) is 0 Å². The van der Waals surface area contributed by atoms with Crippen molar-refractivity contribution in [2.45, 2.75) is 6.29 Å². The molecule has 2 aromatic rings. The van der Waals surface area contributed by atoms with Gasteiger partial charge in [0.25, 0.3) is 5.91 Å². The molecule has 1 aliphatic carbocycles. The van der Waals surface area contributed by atoms with Gasteiger partial charge in [0.2, 0.25) is 0 Å². The molecule has 0 spiro atoms. The van der Waals surface area contributed by atoms with E-state index in [0.29, 0.717) is 27.7 Å². The van der Waals surface area contributed by atoms with Crippen LogP contribution in [-0.2, 0) is 0 Å². The second-order valence-corrected chi connectivity index (χ2v) is 7.04. The van der Waals surface area contributed by atoms with Crippen LogP contribution in [0.4, 0.5) is 0 Å². The second-order valence-electron chi connectivity index (χ2n) is 7.04. The number of aliphatic hydroxyl groups excluding tert-OH is 1. The maximum Gasteiger partial charge on any atom is 0.251 e. The number of phenolic OH excluding ortho intramolecular Hbond substituents is 1. The van der Waals surface area contributed by atoms with Gasteiger partial charge in [-0.05, 0) is 42.0 Å². The summed E-state index contributed by atoms with van der Waals surface area (Å²) in [7, 11) is 0. The summed E-state index contributed by atoms with van der Waals surface area (Å²) in [6.07, 6.45) is -1.87. The van der Waals surface area contributed by atoms with Crippen LogP contribution in [0.3, 0.4) is 0 Å². The van der Waals surface area contributed by atoms with E-state index >= 15 is 0 Å². The highest BCUT2D eigenvalue weighted by Crippen LogP contribution is 2.42. The molecule has 0 bridgehead atoms. The molecule has 0 aromatic heterocycles. The normalized spacial score (nSPS) is 11.4. The minimum atomic E-state index is -1.87. The molecule has 0 fully saturated rings. The molecule has 0 atom stereocenters. The Morgan fingerprint density at radius 3 is 2.55 bits per heavy atom. The molecular formula is C23H20N2O6. The van der Waals surface area contributed by atoms with Crippen molar-refractivity contribution in [2.75, 3.05) is 13.1 Å². The summed E-state index contributed by atoms with van der Waals surface area (Å²) >= 11 is 0. The van der Waals surface area contributed by atoms with Crippen LogP contribution in [0.25, 0.3) is 33.4 Å². The quantitative estimate of drug-likeness (QED) is 0.245. The van der Waals surface area contributed by atoms with Crippen molar-refractivity contribution in [3.05, 3.63) is 75.9 Å². The lowest BCUT2D eigenvalue weighted by molar-refractivity contribution is -0.0420. The number of rotatable bonds is 5. The molecule has 1 aliphatic heterocycles. The average molecular weight is 420 g/mol. The number of phenols is 1. The number of nitrogens with two attached hydrogens (primary N) is 1. The molecular weight excluding hydrogens is 400 g/mol. The molecule has 1 heterocycles. The summed E-state index contributed by atoms with van der Waals surface area (Å²) in [4.78, 5) is 24.2. The molecule has 31 heavy (non-hydrogen) atoms. The fraction of sp³-hybridized carbons (Fsp3) is 0.130. The Bertz CT molecular complexity index is 1310. The Balaban J connectivity index is 2.01. The van der Waals surface area contributed by atoms with Gasteiger partial charge in [-0.2, -0.15) is 0 Å². The van der Waals surface area contributed by atoms with Crippen molar-refractivity contribution in [3.8, 4) is 28.2 Å². The number of hydrogen-bond acceptors (Lipinski definition) is 7. The third-order valence-corrected chi connectivity index (χ3v) is 4.97. The first kappa shape index (κ1) is 20.5. The van der Waals surface area contributed by atoms with Gasteiger partial charge in [-0.3, -0.25) is 9.59 Å². The van der Waals surface area contributed by atoms with E-state index in [0.717, 1.165) is 0 Å². The molecule has 0 radical (unpaired) electrons. The topological polar surface area (TPSA) is 146 Å². The van der Waals surface area contributed by atoms with Gasteiger partial charge in [0, 0.05) is 52.9 Å². The Kier molecular flexibility index (Phi) is 5.43. The van der Waals surface area contributed by atoms with Gasteiger partial charge in [0.1, 0.15) is 17.1 Å². The molecule has 2 aromatic carbocycles. The third kappa shape index (κ3) is 3.87. The number of nitrogens with one attached hydrogen (secondary N) is 1. The molecule has 4 rings (SSSR count). The van der Waals surface area contributed by atoms with Crippen LogP contribution in [0.2, 0.25) is 0 Å². The van der Waals surface area contributed by atoms with Gasteiger partial charge in [0.15, 0.2) is 11.7 Å². The monoisotopic (exact) mass is 420 g/mol. The van der Waals surface area contributed by atoms with Crippen molar-refractivity contribution >= 4 is 16.9 Å². The van der Waals surface area contributed by atoms with Gasteiger partial charge >= 0.3 is 0 Å². The van der Waals surface area contributed by atoms with Crippen LogP contribution >= 0.6 is 0 Å². The molecule has 6 N–H and O–H groups in total. The van der Waals surface area contributed by atoms with E-state index in [9.17, 15) is 24.9 Å². The molecule has 0 unspecified atom stereocenters. The third-order valence-electron chi connectivity index (χ3n) is 4.97. The van der Waals surface area contributed by atoms with Gasteiger partial charge in [-0.25, -0.2) is 0 Å². The zero-order valence-corrected chi connectivity index (χ0v) is 16.3. The SMILES string of the molecule is NCCNC(=O)c1ccc(-c2c3ccc(=O)cc-3oc3cc(O)ccc23)c(C(O)O)c1. The van der Waals surface area contributed by atoms with Crippen molar-refractivity contribution < 1.29 is 24.5 Å². The number of aromatic hydroxyl groups is 1. The van der Waals surface area contributed by atoms with Crippen molar-refractivity contribution in [1.29, 1.82) is 0 Å². The van der Waals surface area contributed by atoms with Gasteiger partial charge in [0.05, 0.1) is 0 Å². The highest BCUT2D eigenvalue weighted by atomic mass is 16.5. The predicted molar refractivity (Wildman–Crippen MR) is 115 cm³/mol. The van der Waals surface area contributed by atoms with E-state index in [4.69, 9.17) is 10.2 Å². The first-order valence-electron chi connectivity index (χ1n) is 9.57. The van der Waals surface area contributed by atoms with Crippen LogP contribution in [0.5, 0.6) is 5.75 Å². The molecule has 8 nitrogen and oxygen atoms in total. The van der Waals surface area contributed by atoms with Crippen LogP contribution in [0.1, 0.15) is 22.2 Å². The summed E-state index contributed by atoms with van der Waals surface area (Å²) < 4.78 is 5.82. The first-order valence-corrected chi connectivity index (χ1v) is 9.57. The highest BCUT2D eigenvalue weighted by Gasteiger charge is 2.22. The highest BCUT2D eigenvalue weighted by molar-refractivity contribution is 6.03. The number of aliphatic hydroxyl groups is 2. The summed E-state index contributed by atoms with van der Waals surface area (Å²) in [6.45, 7) is 0.563. The van der Waals surface area contributed by atoms with E-state index in [1.54, 1.807) is 24.3 Å². The summed E-state index contributed by atoms with van der Waals surface area (Å²) in [5.41, 5.74) is 7.42. The lowest BCUT2D eigenvalue weighted by Crippen LogP contribution is -2.29. The smallest absolute Gasteiger partial charge is 0.251 e. The number of carbonyl (C=O) groups is 1. The minimum Gasteiger partial charge on any atom is -0.508 e. The lowest BCUT2D eigenvalue weighted by Gasteiger charge is -2.19. The Morgan fingerprint density at radius 2 is 1.81 bits per heavy atom. The maximum atomic E-state index is 12.3. The Hall–Kier alpha value is -3.72. The number of fused-ring (bicyclic) bond motifs is 2. The van der Waals surface area contributed by atoms with Crippen molar-refractivity contribution in [2.24, 2.45) is 5.73 Å².